The van der Waals surface area contributed by atoms with Gasteiger partial charge in [-0.3, -0.25) is 14.3 Å². The molecule has 1 amide bonds. The molecule has 12 heteroatoms. The van der Waals surface area contributed by atoms with Crippen LogP contribution in [0.15, 0.2) is 76.1 Å². The number of carbonyl (C=O) groups excluding carboxylic acids is 1. The average molecular weight is 627 g/mol. The highest BCUT2D eigenvalue weighted by molar-refractivity contribution is 7.13. The minimum Gasteiger partial charge on any atom is -0.497 e. The van der Waals surface area contributed by atoms with Gasteiger partial charge in [-0.05, 0) is 79.7 Å². The number of thiophene rings is 1. The molecule has 1 unspecified atom stereocenters. The predicted octanol–water partition coefficient (Wildman–Crippen LogP) is 5.48. The fourth-order valence-electron chi connectivity index (χ4n) is 5.50. The van der Waals surface area contributed by atoms with E-state index in [2.05, 4.69) is 5.10 Å². The number of hydrogen-bond donors (Lipinski definition) is 0. The van der Waals surface area contributed by atoms with Crippen LogP contribution in [0.3, 0.4) is 0 Å². The van der Waals surface area contributed by atoms with E-state index in [9.17, 15) is 9.59 Å². The Morgan fingerprint density at radius 3 is 2.40 bits per heavy atom. The van der Waals surface area contributed by atoms with Crippen LogP contribution in [0.2, 0.25) is 0 Å². The quantitative estimate of drug-likeness (QED) is 0.224. The first-order valence-electron chi connectivity index (χ1n) is 14.4. The van der Waals surface area contributed by atoms with Gasteiger partial charge in [-0.2, -0.15) is 15.3 Å². The van der Waals surface area contributed by atoms with Crippen LogP contribution in [-0.2, 0) is 16.9 Å². The molecule has 232 valence electrons. The third-order valence-electron chi connectivity index (χ3n) is 7.74. The molecule has 4 heterocycles. The standard InChI is InChI=1S/C33H34N6O5S/c1-33(2,3)39-31-23(18-34-39)30(28-8-7-15-45-28)36-37(32(31)41)19-29(40)38-25(21-11-14-26(43-5)27(16-21)44-6)17-24(35-38)20-9-12-22(42-4)13-10-20/h7-16,18,25H,17,19H2,1-6H3. The molecule has 1 aliphatic rings. The maximum atomic E-state index is 14.2. The molecule has 0 radical (unpaired) electrons. The maximum Gasteiger partial charge on any atom is 0.293 e. The first-order valence-corrected chi connectivity index (χ1v) is 15.3. The zero-order valence-electron chi connectivity index (χ0n) is 26.0. The SMILES string of the molecule is COc1ccc(C2=NN(C(=O)Cn3nc(-c4cccs4)c4cnn(C(C)(C)C)c4c3=O)C(c3ccc(OC)c(OC)c3)C2)cc1. The Labute approximate surface area is 264 Å². The summed E-state index contributed by atoms with van der Waals surface area (Å²) in [6.45, 7) is 5.62. The van der Waals surface area contributed by atoms with E-state index in [1.165, 1.54) is 21.0 Å². The van der Waals surface area contributed by atoms with Crippen LogP contribution < -0.4 is 19.8 Å². The number of hydrogen-bond acceptors (Lipinski definition) is 9. The van der Waals surface area contributed by atoms with Gasteiger partial charge in [-0.25, -0.2) is 9.69 Å². The van der Waals surface area contributed by atoms with Crippen LogP contribution in [0, 0.1) is 0 Å². The van der Waals surface area contributed by atoms with Gasteiger partial charge >= 0.3 is 0 Å². The van der Waals surface area contributed by atoms with Gasteiger partial charge in [0.25, 0.3) is 11.5 Å². The normalized spacial score (nSPS) is 14.9. The van der Waals surface area contributed by atoms with E-state index in [0.29, 0.717) is 34.5 Å². The number of aromatic nitrogens is 4. The van der Waals surface area contributed by atoms with Gasteiger partial charge in [-0.15, -0.1) is 11.3 Å². The molecule has 5 aromatic rings. The summed E-state index contributed by atoms with van der Waals surface area (Å²) in [5.41, 5.74) is 2.54. The number of methoxy groups -OCH3 is 3. The van der Waals surface area contributed by atoms with Crippen molar-refractivity contribution in [3.8, 4) is 27.8 Å². The van der Waals surface area contributed by atoms with E-state index in [0.717, 1.165) is 27.5 Å². The lowest BCUT2D eigenvalue weighted by Crippen LogP contribution is -2.36. The molecule has 0 N–H and O–H groups in total. The number of hydrazone groups is 1. The van der Waals surface area contributed by atoms with Gasteiger partial charge in [0, 0.05) is 6.42 Å². The lowest BCUT2D eigenvalue weighted by atomic mass is 9.98. The van der Waals surface area contributed by atoms with E-state index >= 15 is 0 Å². The van der Waals surface area contributed by atoms with Crippen molar-refractivity contribution in [2.24, 2.45) is 5.10 Å². The van der Waals surface area contributed by atoms with E-state index in [1.807, 2.05) is 80.7 Å². The number of fused-ring (bicyclic) bond motifs is 1. The van der Waals surface area contributed by atoms with Crippen LogP contribution in [0.25, 0.3) is 21.5 Å². The van der Waals surface area contributed by atoms with E-state index < -0.39 is 17.1 Å². The fraction of sp³-hybridized carbons (Fsp3) is 0.303. The fourth-order valence-corrected chi connectivity index (χ4v) is 6.22. The molecule has 0 spiro atoms. The van der Waals surface area contributed by atoms with Crippen LogP contribution in [0.4, 0.5) is 0 Å². The highest BCUT2D eigenvalue weighted by Crippen LogP contribution is 2.38. The molecule has 1 atom stereocenters. The Balaban J connectivity index is 1.44. The van der Waals surface area contributed by atoms with Gasteiger partial charge in [0.05, 0.1) is 55.1 Å². The Morgan fingerprint density at radius 1 is 1.00 bits per heavy atom. The molecule has 45 heavy (non-hydrogen) atoms. The largest absolute Gasteiger partial charge is 0.497 e. The van der Waals surface area contributed by atoms with Crippen molar-refractivity contribution in [2.75, 3.05) is 21.3 Å². The van der Waals surface area contributed by atoms with E-state index in [1.54, 1.807) is 32.2 Å². The number of ether oxygens (including phenoxy) is 3. The van der Waals surface area contributed by atoms with Crippen LogP contribution in [-0.4, -0.2) is 57.5 Å². The summed E-state index contributed by atoms with van der Waals surface area (Å²) in [5.74, 6) is 1.46. The highest BCUT2D eigenvalue weighted by Gasteiger charge is 2.35. The Bertz CT molecular complexity index is 1950. The topological polar surface area (TPSA) is 113 Å². The molecule has 0 bridgehead atoms. The number of amides is 1. The molecular weight excluding hydrogens is 592 g/mol. The van der Waals surface area contributed by atoms with Gasteiger partial charge in [0.2, 0.25) is 0 Å². The lowest BCUT2D eigenvalue weighted by Gasteiger charge is -2.23. The van der Waals surface area contributed by atoms with E-state index in [-0.39, 0.29) is 12.5 Å². The molecule has 1 aliphatic heterocycles. The Morgan fingerprint density at radius 2 is 1.76 bits per heavy atom. The summed E-state index contributed by atoms with van der Waals surface area (Å²) in [6.07, 6.45) is 2.13. The van der Waals surface area contributed by atoms with Crippen molar-refractivity contribution in [3.63, 3.8) is 0 Å². The van der Waals surface area contributed by atoms with Crippen molar-refractivity contribution in [1.29, 1.82) is 0 Å². The number of carbonyl (C=O) groups is 1. The first-order chi connectivity index (χ1) is 21.6. The van der Waals surface area contributed by atoms with Crippen LogP contribution in [0.5, 0.6) is 17.2 Å². The molecule has 11 nitrogen and oxygen atoms in total. The first kappa shape index (κ1) is 30.1. The number of benzene rings is 2. The predicted molar refractivity (Wildman–Crippen MR) is 173 cm³/mol. The van der Waals surface area contributed by atoms with Gasteiger partial charge in [0.15, 0.2) is 11.5 Å². The van der Waals surface area contributed by atoms with Crippen LogP contribution in [0.1, 0.15) is 44.4 Å². The second-order valence-electron chi connectivity index (χ2n) is 11.6. The van der Waals surface area contributed by atoms with Crippen molar-refractivity contribution >= 4 is 33.9 Å². The Hall–Kier alpha value is -4.97. The summed E-state index contributed by atoms with van der Waals surface area (Å²) < 4.78 is 19.3. The minimum absolute atomic E-state index is 0.314. The average Bonchev–Trinajstić information content (AvgIpc) is 3.82. The summed E-state index contributed by atoms with van der Waals surface area (Å²) in [4.78, 5) is 29.0. The third-order valence-corrected chi connectivity index (χ3v) is 8.62. The van der Waals surface area contributed by atoms with Crippen molar-refractivity contribution in [3.05, 3.63) is 87.7 Å². The van der Waals surface area contributed by atoms with Gasteiger partial charge < -0.3 is 14.2 Å². The molecule has 6 rings (SSSR count). The molecule has 0 saturated heterocycles. The zero-order chi connectivity index (χ0) is 31.9. The van der Waals surface area contributed by atoms with E-state index in [4.69, 9.17) is 24.4 Å². The van der Waals surface area contributed by atoms with Gasteiger partial charge in [-0.1, -0.05) is 12.1 Å². The third kappa shape index (κ3) is 5.57. The van der Waals surface area contributed by atoms with Crippen molar-refractivity contribution in [1.82, 2.24) is 24.6 Å². The smallest absolute Gasteiger partial charge is 0.293 e. The zero-order valence-corrected chi connectivity index (χ0v) is 26.8. The number of nitrogens with zero attached hydrogens (tertiary/aromatic N) is 6. The van der Waals surface area contributed by atoms with Crippen molar-refractivity contribution in [2.45, 2.75) is 45.3 Å². The minimum atomic E-state index is -0.470. The molecule has 2 aromatic carbocycles. The monoisotopic (exact) mass is 626 g/mol. The Kier molecular flexibility index (Phi) is 7.92. The summed E-state index contributed by atoms with van der Waals surface area (Å²) in [7, 11) is 4.76. The van der Waals surface area contributed by atoms with Gasteiger partial charge in [0.1, 0.15) is 23.5 Å². The second kappa shape index (κ2) is 11.8. The summed E-state index contributed by atoms with van der Waals surface area (Å²) >= 11 is 1.51. The summed E-state index contributed by atoms with van der Waals surface area (Å²) in [6, 6.07) is 16.5. The summed E-state index contributed by atoms with van der Waals surface area (Å²) in [5, 5.41) is 18.1. The molecular formula is C33H34N6O5S. The van der Waals surface area contributed by atoms with Crippen LogP contribution >= 0.6 is 11.3 Å². The molecule has 0 saturated carbocycles. The van der Waals surface area contributed by atoms with Crippen molar-refractivity contribution < 1.29 is 19.0 Å². The maximum absolute atomic E-state index is 14.2. The highest BCUT2D eigenvalue weighted by atomic mass is 32.1. The molecule has 0 fully saturated rings. The molecule has 0 aliphatic carbocycles. The molecule has 3 aromatic heterocycles. The lowest BCUT2D eigenvalue weighted by molar-refractivity contribution is -0.133. The second-order valence-corrected chi connectivity index (χ2v) is 12.6. The number of rotatable bonds is 8.